The molecule has 0 atom stereocenters. The Morgan fingerprint density at radius 1 is 1.19 bits per heavy atom. The lowest BCUT2D eigenvalue weighted by molar-refractivity contribution is -0.122. The van der Waals surface area contributed by atoms with E-state index in [-0.39, 0.29) is 5.91 Å². The highest BCUT2D eigenvalue weighted by atomic mass is 32.2. The second-order valence-electron chi connectivity index (χ2n) is 6.27. The average Bonchev–Trinajstić information content (AvgIpc) is 2.96. The number of aliphatic imine (C=N–C) groups is 1. The Morgan fingerprint density at radius 2 is 1.96 bits per heavy atom. The average molecular weight is 381 g/mol. The number of hydrogen-bond donors (Lipinski definition) is 0. The first kappa shape index (κ1) is 19.2. The van der Waals surface area contributed by atoms with Crippen molar-refractivity contribution >= 4 is 34.6 Å². The predicted octanol–water partition coefficient (Wildman–Crippen LogP) is 5.19. The molecule has 0 aromatic heterocycles. The van der Waals surface area contributed by atoms with E-state index in [1.807, 2.05) is 56.3 Å². The molecule has 2 aromatic rings. The van der Waals surface area contributed by atoms with Gasteiger partial charge in [-0.05, 0) is 73.0 Å². The number of benzene rings is 2. The lowest BCUT2D eigenvalue weighted by Crippen LogP contribution is -2.28. The van der Waals surface area contributed by atoms with Crippen LogP contribution in [0.4, 0.5) is 5.69 Å². The van der Waals surface area contributed by atoms with Crippen LogP contribution in [0.1, 0.15) is 30.5 Å². The predicted molar refractivity (Wildman–Crippen MR) is 114 cm³/mol. The van der Waals surface area contributed by atoms with Gasteiger partial charge in [0, 0.05) is 6.54 Å². The molecule has 1 heterocycles. The van der Waals surface area contributed by atoms with E-state index in [1.54, 1.807) is 12.0 Å². The van der Waals surface area contributed by atoms with Crippen molar-refractivity contribution in [2.24, 2.45) is 4.99 Å². The number of amidine groups is 1. The van der Waals surface area contributed by atoms with Crippen molar-refractivity contribution in [3.05, 3.63) is 64.1 Å². The number of carbonyl (C=O) groups is 1. The Bertz CT molecular complexity index is 918. The number of amides is 1. The molecule has 2 aromatic carbocycles. The maximum absolute atomic E-state index is 12.8. The maximum Gasteiger partial charge on any atom is 0.266 e. The van der Waals surface area contributed by atoms with E-state index < -0.39 is 0 Å². The standard InChI is InChI=1S/C22H24N2O2S/c1-5-17-9-7-8-10-18(17)23-22-24(6-2)21(25)20(27-22)14-16-11-12-19(26-4)15(3)13-16/h7-14H,5-6H2,1-4H3/b20-14+,23-22?. The minimum absolute atomic E-state index is 0.00343. The Kier molecular flexibility index (Phi) is 6.01. The van der Waals surface area contributed by atoms with Crippen molar-refractivity contribution in [3.8, 4) is 5.75 Å². The third-order valence-corrected chi connectivity index (χ3v) is 5.52. The molecule has 0 N–H and O–H groups in total. The molecule has 0 unspecified atom stereocenters. The van der Waals surface area contributed by atoms with Gasteiger partial charge in [-0.15, -0.1) is 0 Å². The van der Waals surface area contributed by atoms with Crippen LogP contribution in [0.25, 0.3) is 6.08 Å². The second-order valence-corrected chi connectivity index (χ2v) is 7.27. The largest absolute Gasteiger partial charge is 0.496 e. The first-order valence-electron chi connectivity index (χ1n) is 9.10. The Morgan fingerprint density at radius 3 is 2.63 bits per heavy atom. The number of para-hydroxylation sites is 1. The molecule has 0 spiro atoms. The molecule has 0 saturated carbocycles. The third-order valence-electron chi connectivity index (χ3n) is 4.51. The molecule has 1 amide bonds. The third kappa shape index (κ3) is 4.08. The van der Waals surface area contributed by atoms with Crippen LogP contribution >= 0.6 is 11.8 Å². The first-order valence-corrected chi connectivity index (χ1v) is 9.91. The zero-order valence-corrected chi connectivity index (χ0v) is 17.0. The second kappa shape index (κ2) is 8.44. The fraction of sp³-hybridized carbons (Fsp3) is 0.273. The summed E-state index contributed by atoms with van der Waals surface area (Å²) in [6.07, 6.45) is 2.84. The molecule has 27 heavy (non-hydrogen) atoms. The number of likely N-dealkylation sites (N-methyl/N-ethyl adjacent to an activating group) is 1. The molecule has 4 nitrogen and oxygen atoms in total. The SMILES string of the molecule is CCc1ccccc1N=C1S/C(=C/c2ccc(OC)c(C)c2)C(=O)N1CC. The van der Waals surface area contributed by atoms with Gasteiger partial charge in [0.25, 0.3) is 5.91 Å². The number of nitrogens with zero attached hydrogens (tertiary/aromatic N) is 2. The summed E-state index contributed by atoms with van der Waals surface area (Å²) >= 11 is 1.43. The van der Waals surface area contributed by atoms with Crippen molar-refractivity contribution in [3.63, 3.8) is 0 Å². The number of aryl methyl sites for hydroxylation is 2. The van der Waals surface area contributed by atoms with Gasteiger partial charge in [0.2, 0.25) is 0 Å². The van der Waals surface area contributed by atoms with Gasteiger partial charge in [0.05, 0.1) is 17.7 Å². The van der Waals surface area contributed by atoms with E-state index in [0.717, 1.165) is 34.2 Å². The van der Waals surface area contributed by atoms with Crippen molar-refractivity contribution < 1.29 is 9.53 Å². The number of carbonyl (C=O) groups excluding carboxylic acids is 1. The van der Waals surface area contributed by atoms with Crippen LogP contribution in [0.15, 0.2) is 52.4 Å². The molecule has 0 radical (unpaired) electrons. The first-order chi connectivity index (χ1) is 13.1. The normalized spacial score (nSPS) is 17.2. The Balaban J connectivity index is 1.95. The maximum atomic E-state index is 12.8. The van der Waals surface area contributed by atoms with Gasteiger partial charge < -0.3 is 4.74 Å². The van der Waals surface area contributed by atoms with Crippen LogP contribution in [-0.4, -0.2) is 29.6 Å². The number of methoxy groups -OCH3 is 1. The van der Waals surface area contributed by atoms with E-state index in [2.05, 4.69) is 13.0 Å². The van der Waals surface area contributed by atoms with E-state index in [0.29, 0.717) is 11.4 Å². The van der Waals surface area contributed by atoms with Gasteiger partial charge in [0.15, 0.2) is 5.17 Å². The van der Waals surface area contributed by atoms with E-state index in [1.165, 1.54) is 17.3 Å². The van der Waals surface area contributed by atoms with E-state index in [9.17, 15) is 4.79 Å². The van der Waals surface area contributed by atoms with Crippen LogP contribution < -0.4 is 4.74 Å². The van der Waals surface area contributed by atoms with Gasteiger partial charge in [-0.1, -0.05) is 31.2 Å². The summed E-state index contributed by atoms with van der Waals surface area (Å²) in [4.78, 5) is 20.1. The number of rotatable bonds is 5. The molecule has 1 fully saturated rings. The summed E-state index contributed by atoms with van der Waals surface area (Å²) in [7, 11) is 1.66. The Hall–Kier alpha value is -2.53. The number of ether oxygens (including phenoxy) is 1. The summed E-state index contributed by atoms with van der Waals surface area (Å²) in [5.74, 6) is 0.847. The highest BCUT2D eigenvalue weighted by Crippen LogP contribution is 2.35. The van der Waals surface area contributed by atoms with Gasteiger partial charge >= 0.3 is 0 Å². The molecule has 3 rings (SSSR count). The van der Waals surface area contributed by atoms with Gasteiger partial charge in [-0.2, -0.15) is 0 Å². The van der Waals surface area contributed by atoms with Crippen LogP contribution in [0.5, 0.6) is 5.75 Å². The molecule has 1 aliphatic heterocycles. The Labute approximate surface area is 164 Å². The van der Waals surface area contributed by atoms with Crippen LogP contribution in [0.2, 0.25) is 0 Å². The minimum Gasteiger partial charge on any atom is -0.496 e. The number of thioether (sulfide) groups is 1. The zero-order valence-electron chi connectivity index (χ0n) is 16.2. The smallest absolute Gasteiger partial charge is 0.266 e. The molecular weight excluding hydrogens is 356 g/mol. The van der Waals surface area contributed by atoms with Crippen LogP contribution in [0, 0.1) is 6.92 Å². The lowest BCUT2D eigenvalue weighted by atomic mass is 10.1. The van der Waals surface area contributed by atoms with Gasteiger partial charge in [-0.3, -0.25) is 9.69 Å². The van der Waals surface area contributed by atoms with Gasteiger partial charge in [0.1, 0.15) is 5.75 Å². The van der Waals surface area contributed by atoms with Crippen molar-refractivity contribution in [1.82, 2.24) is 4.90 Å². The molecule has 0 aliphatic carbocycles. The lowest BCUT2D eigenvalue weighted by Gasteiger charge is -2.12. The molecule has 0 bridgehead atoms. The highest BCUT2D eigenvalue weighted by molar-refractivity contribution is 8.18. The number of hydrogen-bond acceptors (Lipinski definition) is 4. The molecule has 1 aliphatic rings. The van der Waals surface area contributed by atoms with Crippen LogP contribution in [-0.2, 0) is 11.2 Å². The van der Waals surface area contributed by atoms with E-state index >= 15 is 0 Å². The van der Waals surface area contributed by atoms with Crippen LogP contribution in [0.3, 0.4) is 0 Å². The van der Waals surface area contributed by atoms with Crippen molar-refractivity contribution in [1.29, 1.82) is 0 Å². The van der Waals surface area contributed by atoms with E-state index in [4.69, 9.17) is 9.73 Å². The fourth-order valence-electron chi connectivity index (χ4n) is 3.03. The quantitative estimate of drug-likeness (QED) is 0.670. The van der Waals surface area contributed by atoms with Crippen molar-refractivity contribution in [2.75, 3.05) is 13.7 Å². The highest BCUT2D eigenvalue weighted by Gasteiger charge is 2.32. The fourth-order valence-corrected chi connectivity index (χ4v) is 4.09. The summed E-state index contributed by atoms with van der Waals surface area (Å²) in [6.45, 7) is 6.68. The molecule has 140 valence electrons. The van der Waals surface area contributed by atoms with Gasteiger partial charge in [-0.25, -0.2) is 4.99 Å². The summed E-state index contributed by atoms with van der Waals surface area (Å²) in [5, 5.41) is 0.736. The summed E-state index contributed by atoms with van der Waals surface area (Å²) < 4.78 is 5.31. The summed E-state index contributed by atoms with van der Waals surface area (Å²) in [6, 6.07) is 14.0. The topological polar surface area (TPSA) is 41.9 Å². The molecular formula is C22H24N2O2S. The monoisotopic (exact) mass is 380 g/mol. The summed E-state index contributed by atoms with van der Waals surface area (Å²) in [5.41, 5.74) is 4.13. The zero-order chi connectivity index (χ0) is 19.4. The molecule has 1 saturated heterocycles. The molecule has 5 heteroatoms. The minimum atomic E-state index is 0.00343. The van der Waals surface area contributed by atoms with Crippen molar-refractivity contribution in [2.45, 2.75) is 27.2 Å².